The van der Waals surface area contributed by atoms with Gasteiger partial charge in [-0.05, 0) is 22.6 Å². The minimum atomic E-state index is -0.537. The zero-order chi connectivity index (χ0) is 16.2. The smallest absolute Gasteiger partial charge is 0.414 e. The molecule has 0 radical (unpaired) electrons. The molecule has 0 fully saturated rings. The average molecular weight is 314 g/mol. The maximum Gasteiger partial charge on any atom is 0.414 e. The summed E-state index contributed by atoms with van der Waals surface area (Å²) in [6, 6.07) is 9.49. The first-order valence-electron chi connectivity index (χ1n) is 7.10. The van der Waals surface area contributed by atoms with Crippen LogP contribution in [0.1, 0.15) is 17.5 Å². The van der Waals surface area contributed by atoms with Crippen molar-refractivity contribution < 1.29 is 14.4 Å². The molecule has 1 aromatic heterocycles. The van der Waals surface area contributed by atoms with Crippen molar-refractivity contribution in [3.05, 3.63) is 51.7 Å². The number of benzene rings is 1. The summed E-state index contributed by atoms with van der Waals surface area (Å²) in [5.41, 5.74) is 1.58. The lowest BCUT2D eigenvalue weighted by atomic mass is 10.1. The molecule has 0 spiro atoms. The molecule has 0 bridgehead atoms. The van der Waals surface area contributed by atoms with E-state index in [4.69, 9.17) is 14.7 Å². The maximum absolute atomic E-state index is 10.7. The fourth-order valence-electron chi connectivity index (χ4n) is 2.32. The number of nitrogens with zero attached hydrogens (tertiary/aromatic N) is 4. The molecule has 3 rings (SSSR count). The number of hydrogen-bond acceptors (Lipinski definition) is 6. The summed E-state index contributed by atoms with van der Waals surface area (Å²) >= 11 is 0. The van der Waals surface area contributed by atoms with Gasteiger partial charge in [0.2, 0.25) is 0 Å². The molecule has 2 aromatic rings. The van der Waals surface area contributed by atoms with Crippen molar-refractivity contribution in [3.63, 3.8) is 0 Å². The summed E-state index contributed by atoms with van der Waals surface area (Å²) in [5.74, 6) is -0.209. The highest BCUT2D eigenvalue weighted by molar-refractivity contribution is 5.31. The molecule has 0 saturated heterocycles. The van der Waals surface area contributed by atoms with Crippen LogP contribution in [0.5, 0.6) is 6.01 Å². The van der Waals surface area contributed by atoms with E-state index in [1.165, 1.54) is 6.20 Å². The molecule has 0 aliphatic carbocycles. The third-order valence-electron chi connectivity index (χ3n) is 3.53. The lowest BCUT2D eigenvalue weighted by Crippen LogP contribution is -2.30. The molecule has 23 heavy (non-hydrogen) atoms. The summed E-state index contributed by atoms with van der Waals surface area (Å²) in [5, 5.41) is 19.4. The first-order valence-corrected chi connectivity index (χ1v) is 7.10. The number of ether oxygens (including phenoxy) is 2. The minimum Gasteiger partial charge on any atom is -0.440 e. The van der Waals surface area contributed by atoms with E-state index in [2.05, 4.69) is 11.1 Å². The van der Waals surface area contributed by atoms with Crippen molar-refractivity contribution in [3.8, 4) is 12.1 Å². The molecule has 0 amide bonds. The number of aryl methyl sites for hydroxylation is 1. The van der Waals surface area contributed by atoms with Gasteiger partial charge in [0, 0.05) is 17.9 Å². The van der Waals surface area contributed by atoms with Crippen molar-refractivity contribution in [2.45, 2.75) is 25.7 Å². The standard InChI is InChI=1S/C15H14N4O4/c16-7-11-1-3-12(4-2-11)9-22-10-13-5-6-18-8-14(19(20)21)17-15(18)23-13/h1-4,8,13H,5-6,9-10H2/t13-/m1/s1. The van der Waals surface area contributed by atoms with E-state index in [9.17, 15) is 10.1 Å². The monoisotopic (exact) mass is 314 g/mol. The highest BCUT2D eigenvalue weighted by atomic mass is 16.6. The van der Waals surface area contributed by atoms with Crippen LogP contribution < -0.4 is 4.74 Å². The zero-order valence-electron chi connectivity index (χ0n) is 12.2. The first kappa shape index (κ1) is 15.0. The Morgan fingerprint density at radius 1 is 1.48 bits per heavy atom. The second-order valence-electron chi connectivity index (χ2n) is 5.18. The number of rotatable bonds is 5. The van der Waals surface area contributed by atoms with Crippen LogP contribution in [0.15, 0.2) is 30.5 Å². The van der Waals surface area contributed by atoms with Crippen LogP contribution in [-0.4, -0.2) is 27.2 Å². The van der Waals surface area contributed by atoms with Gasteiger partial charge in [0.1, 0.15) is 12.3 Å². The van der Waals surface area contributed by atoms with E-state index < -0.39 is 4.92 Å². The van der Waals surface area contributed by atoms with Crippen molar-refractivity contribution in [2.75, 3.05) is 6.61 Å². The number of imidazole rings is 1. The molecule has 2 heterocycles. The molecule has 1 aliphatic heterocycles. The number of hydrogen-bond donors (Lipinski definition) is 0. The number of nitriles is 1. The van der Waals surface area contributed by atoms with Gasteiger partial charge in [0.25, 0.3) is 0 Å². The van der Waals surface area contributed by atoms with Crippen LogP contribution in [0.4, 0.5) is 5.82 Å². The third-order valence-corrected chi connectivity index (χ3v) is 3.53. The fraction of sp³-hybridized carbons (Fsp3) is 0.333. The number of nitro groups is 1. The second-order valence-corrected chi connectivity index (χ2v) is 5.18. The number of aromatic nitrogens is 2. The van der Waals surface area contributed by atoms with Gasteiger partial charge < -0.3 is 19.6 Å². The van der Waals surface area contributed by atoms with Gasteiger partial charge in [-0.25, -0.2) is 0 Å². The topological polar surface area (TPSA) is 103 Å². The highest BCUT2D eigenvalue weighted by Crippen LogP contribution is 2.24. The summed E-state index contributed by atoms with van der Waals surface area (Å²) in [7, 11) is 0. The van der Waals surface area contributed by atoms with Crippen LogP contribution in [0.25, 0.3) is 0 Å². The third kappa shape index (κ3) is 3.46. The molecular weight excluding hydrogens is 300 g/mol. The Morgan fingerprint density at radius 3 is 2.96 bits per heavy atom. The van der Waals surface area contributed by atoms with Gasteiger partial charge in [0.05, 0.1) is 24.8 Å². The highest BCUT2D eigenvalue weighted by Gasteiger charge is 2.28. The molecule has 118 valence electrons. The minimum absolute atomic E-state index is 0.178. The molecular formula is C15H14N4O4. The maximum atomic E-state index is 10.7. The quantitative estimate of drug-likeness (QED) is 0.618. The lowest BCUT2D eigenvalue weighted by Gasteiger charge is -2.21. The second kappa shape index (κ2) is 6.46. The largest absolute Gasteiger partial charge is 0.440 e. The molecule has 0 unspecified atom stereocenters. The molecule has 1 aromatic carbocycles. The van der Waals surface area contributed by atoms with E-state index in [1.807, 2.05) is 12.1 Å². The van der Waals surface area contributed by atoms with E-state index in [-0.39, 0.29) is 17.9 Å². The average Bonchev–Trinajstić information content (AvgIpc) is 2.99. The van der Waals surface area contributed by atoms with Crippen LogP contribution in [0, 0.1) is 21.4 Å². The predicted octanol–water partition coefficient (Wildman–Crippen LogP) is 2.03. The van der Waals surface area contributed by atoms with Crippen LogP contribution in [0.3, 0.4) is 0 Å². The summed E-state index contributed by atoms with van der Waals surface area (Å²) < 4.78 is 12.9. The Balaban J connectivity index is 1.51. The SMILES string of the molecule is N#Cc1ccc(COC[C@H]2CCn3cc([N+](=O)[O-])nc3O2)cc1. The zero-order valence-corrected chi connectivity index (χ0v) is 12.2. The predicted molar refractivity (Wildman–Crippen MR) is 78.7 cm³/mol. The lowest BCUT2D eigenvalue weighted by molar-refractivity contribution is -0.389. The number of fused-ring (bicyclic) bond motifs is 1. The summed E-state index contributed by atoms with van der Waals surface area (Å²) in [6.07, 6.45) is 1.90. The van der Waals surface area contributed by atoms with Gasteiger partial charge in [-0.1, -0.05) is 12.1 Å². The van der Waals surface area contributed by atoms with Crippen LogP contribution >= 0.6 is 0 Å². The first-order chi connectivity index (χ1) is 11.2. The molecule has 8 heteroatoms. The molecule has 1 atom stereocenters. The van der Waals surface area contributed by atoms with Crippen LogP contribution in [0.2, 0.25) is 0 Å². The molecule has 8 nitrogen and oxygen atoms in total. The Bertz CT molecular complexity index is 748. The van der Waals surface area contributed by atoms with Crippen LogP contribution in [-0.2, 0) is 17.9 Å². The Labute approximate surface area is 132 Å². The Morgan fingerprint density at radius 2 is 2.26 bits per heavy atom. The van der Waals surface area contributed by atoms with Crippen molar-refractivity contribution in [1.82, 2.24) is 9.55 Å². The van der Waals surface area contributed by atoms with E-state index >= 15 is 0 Å². The Kier molecular flexibility index (Phi) is 4.21. The van der Waals surface area contributed by atoms with Crippen molar-refractivity contribution in [1.29, 1.82) is 5.26 Å². The van der Waals surface area contributed by atoms with Gasteiger partial charge >= 0.3 is 11.8 Å². The fourth-order valence-corrected chi connectivity index (χ4v) is 2.32. The van der Waals surface area contributed by atoms with Crippen molar-refractivity contribution in [2.24, 2.45) is 0 Å². The van der Waals surface area contributed by atoms with Gasteiger partial charge in [-0.2, -0.15) is 5.26 Å². The van der Waals surface area contributed by atoms with Gasteiger partial charge in [0.15, 0.2) is 0 Å². The molecule has 0 N–H and O–H groups in total. The summed E-state index contributed by atoms with van der Waals surface area (Å²) in [4.78, 5) is 14.0. The van der Waals surface area contributed by atoms with E-state index in [0.29, 0.717) is 31.7 Å². The van der Waals surface area contributed by atoms with E-state index in [0.717, 1.165) is 5.56 Å². The molecule has 0 saturated carbocycles. The Hall–Kier alpha value is -2.92. The summed E-state index contributed by atoms with van der Waals surface area (Å²) in [6.45, 7) is 1.40. The van der Waals surface area contributed by atoms with Crippen molar-refractivity contribution >= 4 is 5.82 Å². The van der Waals surface area contributed by atoms with Gasteiger partial charge in [-0.3, -0.25) is 4.57 Å². The molecule has 1 aliphatic rings. The normalized spacial score (nSPS) is 16.2. The van der Waals surface area contributed by atoms with E-state index in [1.54, 1.807) is 16.7 Å². The van der Waals surface area contributed by atoms with Gasteiger partial charge in [-0.15, -0.1) is 0 Å².